The van der Waals surface area contributed by atoms with E-state index in [1.807, 2.05) is 11.8 Å². The molecule has 17 heavy (non-hydrogen) atoms. The largest absolute Gasteiger partial charge is 0.378 e. The van der Waals surface area contributed by atoms with Crippen molar-refractivity contribution in [2.45, 2.75) is 57.7 Å². The average molecular weight is 240 g/mol. The van der Waals surface area contributed by atoms with Gasteiger partial charge in [-0.25, -0.2) is 0 Å². The first kappa shape index (κ1) is 12.8. The van der Waals surface area contributed by atoms with Gasteiger partial charge in [0.1, 0.15) is 0 Å². The minimum atomic E-state index is 0.0459. The highest BCUT2D eigenvalue weighted by molar-refractivity contribution is 5.80. The number of nitrogens with two attached hydrogens (primary N) is 1. The maximum Gasteiger partial charge on any atom is 0.228 e. The molecule has 2 heterocycles. The first-order valence-corrected chi connectivity index (χ1v) is 6.79. The van der Waals surface area contributed by atoms with Gasteiger partial charge >= 0.3 is 0 Å². The van der Waals surface area contributed by atoms with Crippen molar-refractivity contribution in [1.82, 2.24) is 4.90 Å². The van der Waals surface area contributed by atoms with Gasteiger partial charge in [0.25, 0.3) is 0 Å². The first-order chi connectivity index (χ1) is 8.15. The summed E-state index contributed by atoms with van der Waals surface area (Å²) >= 11 is 0. The second kappa shape index (κ2) is 5.36. The summed E-state index contributed by atoms with van der Waals surface area (Å²) in [5.74, 6) is 0.308. The maximum absolute atomic E-state index is 12.6. The molecular weight excluding hydrogens is 216 g/mol. The van der Waals surface area contributed by atoms with Crippen LogP contribution >= 0.6 is 0 Å². The first-order valence-electron chi connectivity index (χ1n) is 6.79. The SMILES string of the molecule is CC1OCCC1C(=O)N1C(C)CCCC1CN. The number of hydrogen-bond donors (Lipinski definition) is 1. The van der Waals surface area contributed by atoms with Gasteiger partial charge in [0.15, 0.2) is 0 Å². The Bertz CT molecular complexity index is 283. The normalized spacial score (nSPS) is 38.4. The predicted octanol–water partition coefficient (Wildman–Crippen LogP) is 1.14. The van der Waals surface area contributed by atoms with Crippen LogP contribution in [0.2, 0.25) is 0 Å². The van der Waals surface area contributed by atoms with Gasteiger partial charge in [0, 0.05) is 25.2 Å². The van der Waals surface area contributed by atoms with Crippen molar-refractivity contribution in [2.24, 2.45) is 11.7 Å². The third-order valence-corrected chi connectivity index (χ3v) is 4.25. The number of nitrogens with zero attached hydrogens (tertiary/aromatic N) is 1. The van der Waals surface area contributed by atoms with Crippen molar-refractivity contribution < 1.29 is 9.53 Å². The van der Waals surface area contributed by atoms with E-state index in [1.165, 1.54) is 6.42 Å². The zero-order valence-electron chi connectivity index (χ0n) is 10.9. The molecule has 4 heteroatoms. The van der Waals surface area contributed by atoms with Gasteiger partial charge in [-0.1, -0.05) is 0 Å². The third kappa shape index (κ3) is 2.47. The number of carbonyl (C=O) groups is 1. The Balaban J connectivity index is 2.09. The Kier molecular flexibility index (Phi) is 4.05. The molecule has 0 aromatic carbocycles. The molecule has 4 unspecified atom stereocenters. The Morgan fingerprint density at radius 1 is 1.35 bits per heavy atom. The van der Waals surface area contributed by atoms with E-state index in [9.17, 15) is 4.79 Å². The predicted molar refractivity (Wildman–Crippen MR) is 66.5 cm³/mol. The van der Waals surface area contributed by atoms with Crippen LogP contribution in [0.15, 0.2) is 0 Å². The van der Waals surface area contributed by atoms with Gasteiger partial charge in [0.2, 0.25) is 5.91 Å². The van der Waals surface area contributed by atoms with Crippen molar-refractivity contribution in [3.63, 3.8) is 0 Å². The van der Waals surface area contributed by atoms with Crippen LogP contribution in [0.4, 0.5) is 0 Å². The molecule has 4 nitrogen and oxygen atoms in total. The second-order valence-corrected chi connectivity index (χ2v) is 5.39. The highest BCUT2D eigenvalue weighted by atomic mass is 16.5. The summed E-state index contributed by atoms with van der Waals surface area (Å²) in [5.41, 5.74) is 5.80. The van der Waals surface area contributed by atoms with Crippen molar-refractivity contribution in [2.75, 3.05) is 13.2 Å². The van der Waals surface area contributed by atoms with Crippen LogP contribution in [0.5, 0.6) is 0 Å². The Morgan fingerprint density at radius 3 is 2.71 bits per heavy atom. The van der Waals surface area contributed by atoms with E-state index in [1.54, 1.807) is 0 Å². The van der Waals surface area contributed by atoms with Gasteiger partial charge in [-0.15, -0.1) is 0 Å². The van der Waals surface area contributed by atoms with Gasteiger partial charge in [-0.2, -0.15) is 0 Å². The lowest BCUT2D eigenvalue weighted by Crippen LogP contribution is -2.54. The zero-order chi connectivity index (χ0) is 12.4. The van der Waals surface area contributed by atoms with E-state index in [0.29, 0.717) is 19.2 Å². The van der Waals surface area contributed by atoms with Crippen molar-refractivity contribution in [3.05, 3.63) is 0 Å². The molecule has 98 valence electrons. The quantitative estimate of drug-likeness (QED) is 0.787. The highest BCUT2D eigenvalue weighted by Gasteiger charge is 2.39. The summed E-state index contributed by atoms with van der Waals surface area (Å²) in [6.45, 7) is 5.44. The molecule has 2 N–H and O–H groups in total. The number of amides is 1. The summed E-state index contributed by atoms with van der Waals surface area (Å²) in [7, 11) is 0. The van der Waals surface area contributed by atoms with Crippen molar-refractivity contribution in [3.8, 4) is 0 Å². The van der Waals surface area contributed by atoms with E-state index >= 15 is 0 Å². The Morgan fingerprint density at radius 2 is 2.12 bits per heavy atom. The van der Waals surface area contributed by atoms with Crippen LogP contribution in [0.1, 0.15) is 39.5 Å². The fraction of sp³-hybridized carbons (Fsp3) is 0.923. The molecule has 2 rings (SSSR count). The topological polar surface area (TPSA) is 55.6 Å². The summed E-state index contributed by atoms with van der Waals surface area (Å²) in [4.78, 5) is 14.6. The van der Waals surface area contributed by atoms with Crippen LogP contribution in [0.3, 0.4) is 0 Å². The number of likely N-dealkylation sites (tertiary alicyclic amines) is 1. The van der Waals surface area contributed by atoms with Crippen LogP contribution in [-0.2, 0) is 9.53 Å². The monoisotopic (exact) mass is 240 g/mol. The van der Waals surface area contributed by atoms with Crippen LogP contribution < -0.4 is 5.73 Å². The lowest BCUT2D eigenvalue weighted by Gasteiger charge is -2.42. The number of hydrogen-bond acceptors (Lipinski definition) is 3. The number of carbonyl (C=O) groups excluding carboxylic acids is 1. The van der Waals surface area contributed by atoms with E-state index < -0.39 is 0 Å². The molecule has 0 aromatic heterocycles. The number of rotatable bonds is 2. The van der Waals surface area contributed by atoms with Gasteiger partial charge in [0.05, 0.1) is 12.0 Å². The molecule has 2 aliphatic heterocycles. The van der Waals surface area contributed by atoms with Gasteiger partial charge < -0.3 is 15.4 Å². The van der Waals surface area contributed by atoms with Crippen LogP contribution in [0.25, 0.3) is 0 Å². The molecule has 0 spiro atoms. The molecule has 4 atom stereocenters. The lowest BCUT2D eigenvalue weighted by atomic mass is 9.92. The number of piperidine rings is 1. The van der Waals surface area contributed by atoms with E-state index in [4.69, 9.17) is 10.5 Å². The molecule has 0 saturated carbocycles. The summed E-state index contributed by atoms with van der Waals surface area (Å²) in [6.07, 6.45) is 4.26. The zero-order valence-corrected chi connectivity index (χ0v) is 10.9. The Labute approximate surface area is 103 Å². The lowest BCUT2D eigenvalue weighted by molar-refractivity contribution is -0.143. The highest BCUT2D eigenvalue weighted by Crippen LogP contribution is 2.29. The van der Waals surface area contributed by atoms with Gasteiger partial charge in [-0.3, -0.25) is 4.79 Å². The maximum atomic E-state index is 12.6. The second-order valence-electron chi connectivity index (χ2n) is 5.39. The minimum Gasteiger partial charge on any atom is -0.378 e. The van der Waals surface area contributed by atoms with Gasteiger partial charge in [-0.05, 0) is 39.5 Å². The van der Waals surface area contributed by atoms with E-state index in [2.05, 4.69) is 6.92 Å². The molecule has 0 aromatic rings. The average Bonchev–Trinajstić information content (AvgIpc) is 2.74. The fourth-order valence-corrected chi connectivity index (χ4v) is 3.16. The summed E-state index contributed by atoms with van der Waals surface area (Å²) in [5, 5.41) is 0. The molecule has 2 fully saturated rings. The van der Waals surface area contributed by atoms with Crippen LogP contribution in [-0.4, -0.2) is 42.1 Å². The summed E-state index contributed by atoms with van der Waals surface area (Å²) in [6, 6.07) is 0.566. The van der Waals surface area contributed by atoms with Crippen molar-refractivity contribution in [1.29, 1.82) is 0 Å². The van der Waals surface area contributed by atoms with E-state index in [0.717, 1.165) is 19.3 Å². The molecular formula is C13H24N2O2. The molecule has 2 aliphatic rings. The smallest absolute Gasteiger partial charge is 0.228 e. The molecule has 2 saturated heterocycles. The summed E-state index contributed by atoms with van der Waals surface area (Å²) < 4.78 is 5.50. The Hall–Kier alpha value is -0.610. The third-order valence-electron chi connectivity index (χ3n) is 4.25. The van der Waals surface area contributed by atoms with Crippen LogP contribution in [0, 0.1) is 5.92 Å². The fourth-order valence-electron chi connectivity index (χ4n) is 3.16. The molecule has 0 radical (unpaired) electrons. The molecule has 0 aliphatic carbocycles. The van der Waals surface area contributed by atoms with Crippen molar-refractivity contribution >= 4 is 5.91 Å². The standard InChI is InChI=1S/C13H24N2O2/c1-9-4-3-5-11(8-14)15(9)13(16)12-6-7-17-10(12)2/h9-12H,3-8,14H2,1-2H3. The minimum absolute atomic E-state index is 0.0459. The van der Waals surface area contributed by atoms with E-state index in [-0.39, 0.29) is 24.0 Å². The molecule has 1 amide bonds. The number of ether oxygens (including phenoxy) is 1. The molecule has 0 bridgehead atoms.